The minimum absolute atomic E-state index is 0.148. The first kappa shape index (κ1) is 22.0. The molecule has 4 aliphatic heterocycles. The summed E-state index contributed by atoms with van der Waals surface area (Å²) in [5, 5.41) is -0.296. The molecule has 0 aliphatic carbocycles. The summed E-state index contributed by atoms with van der Waals surface area (Å²) in [7, 11) is -2.70. The van der Waals surface area contributed by atoms with Crippen LogP contribution in [0.5, 0.6) is 0 Å². The summed E-state index contributed by atoms with van der Waals surface area (Å²) in [5.41, 5.74) is 1.79. The van der Waals surface area contributed by atoms with Crippen LogP contribution in [0.1, 0.15) is 47.1 Å². The molecule has 1 aromatic carbocycles. The largest absolute Gasteiger partial charge is 0.459 e. The van der Waals surface area contributed by atoms with Crippen molar-refractivity contribution in [2.45, 2.75) is 76.2 Å². The van der Waals surface area contributed by atoms with E-state index in [1.165, 1.54) is 0 Å². The zero-order chi connectivity index (χ0) is 22.9. The fourth-order valence-electron chi connectivity index (χ4n) is 5.97. The summed E-state index contributed by atoms with van der Waals surface area (Å²) in [5.74, 6) is -0.779. The molecule has 0 spiro atoms. The molecular weight excluding hydrogens is 422 g/mol. The zero-order valence-corrected chi connectivity index (χ0v) is 20.7. The van der Waals surface area contributed by atoms with E-state index in [0.29, 0.717) is 6.61 Å². The van der Waals surface area contributed by atoms with Crippen LogP contribution in [-0.2, 0) is 23.1 Å². The lowest BCUT2D eigenvalue weighted by atomic mass is 9.83. The number of hydrogen-bond donors (Lipinski definition) is 0. The van der Waals surface area contributed by atoms with Gasteiger partial charge >= 0.3 is 14.5 Å². The molecule has 4 heterocycles. The third kappa shape index (κ3) is 3.24. The first-order valence-electron chi connectivity index (χ1n) is 11.5. The van der Waals surface area contributed by atoms with Gasteiger partial charge in [-0.15, -0.1) is 0 Å². The van der Waals surface area contributed by atoms with Gasteiger partial charge in [0.1, 0.15) is 24.2 Å². The standard InChI is InChI=1S/C25H33NO5Si/c1-24(2,3)32(25(4,5)6)28-14-17-20(31-32)21-19-18(23(27)30-21)16(26-22(19)29-17)13-12-15-10-8-7-9-11-15/h7-13,17-22H,14H2,1-6H3/b13-12+/t17-,18?,19+,20-,21-,22-/m1/s1. The summed E-state index contributed by atoms with van der Waals surface area (Å²) >= 11 is 0. The number of esters is 1. The second-order valence-corrected chi connectivity index (χ2v) is 16.1. The molecule has 32 heavy (non-hydrogen) atoms. The number of hydrogen-bond acceptors (Lipinski definition) is 6. The summed E-state index contributed by atoms with van der Waals surface area (Å²) in [4.78, 5) is 17.8. The number of allylic oxidation sites excluding steroid dienone is 1. The van der Waals surface area contributed by atoms with E-state index < -0.39 is 20.7 Å². The van der Waals surface area contributed by atoms with Gasteiger partial charge in [0.05, 0.1) is 18.2 Å². The van der Waals surface area contributed by atoms with Gasteiger partial charge in [0.2, 0.25) is 0 Å². The number of rotatable bonds is 2. The van der Waals surface area contributed by atoms with E-state index in [0.717, 1.165) is 11.3 Å². The molecule has 3 fully saturated rings. The lowest BCUT2D eigenvalue weighted by Gasteiger charge is -2.56. The van der Waals surface area contributed by atoms with Crippen LogP contribution in [0.15, 0.2) is 41.4 Å². The van der Waals surface area contributed by atoms with Crippen LogP contribution in [0.3, 0.4) is 0 Å². The van der Waals surface area contributed by atoms with Crippen LogP contribution in [0.4, 0.5) is 0 Å². The summed E-state index contributed by atoms with van der Waals surface area (Å²) < 4.78 is 25.8. The summed E-state index contributed by atoms with van der Waals surface area (Å²) in [6, 6.07) is 10.00. The van der Waals surface area contributed by atoms with Gasteiger partial charge in [0, 0.05) is 10.1 Å². The maximum absolute atomic E-state index is 13.0. The molecule has 3 saturated heterocycles. The fourth-order valence-corrected chi connectivity index (χ4v) is 10.9. The van der Waals surface area contributed by atoms with Crippen LogP contribution in [0, 0.1) is 11.8 Å². The van der Waals surface area contributed by atoms with Crippen molar-refractivity contribution < 1.29 is 23.1 Å². The molecule has 0 bridgehead atoms. The fraction of sp³-hybridized carbons (Fsp3) is 0.600. The van der Waals surface area contributed by atoms with E-state index in [9.17, 15) is 4.79 Å². The molecule has 1 unspecified atom stereocenters. The third-order valence-corrected chi connectivity index (χ3v) is 12.3. The monoisotopic (exact) mass is 455 g/mol. The Morgan fingerprint density at radius 3 is 2.34 bits per heavy atom. The topological polar surface area (TPSA) is 66.4 Å². The van der Waals surface area contributed by atoms with Gasteiger partial charge in [-0.25, -0.2) is 0 Å². The highest BCUT2D eigenvalue weighted by atomic mass is 28.4. The first-order chi connectivity index (χ1) is 15.0. The molecule has 7 heteroatoms. The number of nitrogens with zero attached hydrogens (tertiary/aromatic N) is 1. The van der Waals surface area contributed by atoms with Gasteiger partial charge in [0.25, 0.3) is 0 Å². The van der Waals surface area contributed by atoms with E-state index in [-0.39, 0.29) is 40.3 Å². The van der Waals surface area contributed by atoms with Gasteiger partial charge in [-0.3, -0.25) is 9.79 Å². The number of fused-ring (bicyclic) bond motifs is 2. The molecule has 0 aromatic heterocycles. The van der Waals surface area contributed by atoms with E-state index in [2.05, 4.69) is 41.5 Å². The van der Waals surface area contributed by atoms with Crippen LogP contribution in [0.2, 0.25) is 10.1 Å². The van der Waals surface area contributed by atoms with Gasteiger partial charge < -0.3 is 18.3 Å². The van der Waals surface area contributed by atoms with Crippen molar-refractivity contribution in [1.29, 1.82) is 0 Å². The maximum atomic E-state index is 13.0. The molecule has 6 nitrogen and oxygen atoms in total. The average Bonchev–Trinajstić information content (AvgIpc) is 3.26. The maximum Gasteiger partial charge on any atom is 0.349 e. The number of ether oxygens (including phenoxy) is 2. The molecule has 6 atom stereocenters. The van der Waals surface area contributed by atoms with Crippen molar-refractivity contribution in [3.8, 4) is 0 Å². The molecule has 4 aliphatic rings. The Morgan fingerprint density at radius 2 is 1.69 bits per heavy atom. The van der Waals surface area contributed by atoms with Crippen LogP contribution < -0.4 is 0 Å². The van der Waals surface area contributed by atoms with Crippen molar-refractivity contribution >= 4 is 26.3 Å². The van der Waals surface area contributed by atoms with Gasteiger partial charge in [-0.1, -0.05) is 78.0 Å². The highest BCUT2D eigenvalue weighted by molar-refractivity contribution is 6.73. The second kappa shape index (κ2) is 7.35. The number of carbonyl (C=O) groups is 1. The molecule has 5 rings (SSSR count). The van der Waals surface area contributed by atoms with E-state index in [1.807, 2.05) is 42.5 Å². The quantitative estimate of drug-likeness (QED) is 0.485. The Morgan fingerprint density at radius 1 is 1.00 bits per heavy atom. The third-order valence-electron chi connectivity index (χ3n) is 7.17. The lowest BCUT2D eigenvalue weighted by molar-refractivity contribution is -0.214. The molecule has 1 aromatic rings. The van der Waals surface area contributed by atoms with Gasteiger partial charge in [0.15, 0.2) is 6.23 Å². The van der Waals surface area contributed by atoms with Crippen LogP contribution in [0.25, 0.3) is 6.08 Å². The Labute approximate surface area is 191 Å². The van der Waals surface area contributed by atoms with E-state index in [1.54, 1.807) is 0 Å². The SMILES string of the molecule is CC(C)(C)[Si]1(C(C)(C)C)OC[C@H]2O[C@H]3N=C(/C=C/c4ccccc4)C4C(=O)O[C@@H]([C@@H]2O1)[C@H]43. The van der Waals surface area contributed by atoms with Crippen molar-refractivity contribution in [1.82, 2.24) is 0 Å². The normalized spacial score (nSPS) is 35.9. The minimum Gasteiger partial charge on any atom is -0.459 e. The predicted molar refractivity (Wildman–Crippen MR) is 124 cm³/mol. The summed E-state index contributed by atoms with van der Waals surface area (Å²) in [6.45, 7) is 13.6. The Bertz CT molecular complexity index is 947. The Hall–Kier alpha value is -1.80. The molecule has 172 valence electrons. The van der Waals surface area contributed by atoms with Crippen LogP contribution in [-0.4, -0.2) is 51.4 Å². The Kier molecular flexibility index (Phi) is 5.06. The number of aliphatic imine (C=N–C) groups is 1. The average molecular weight is 456 g/mol. The van der Waals surface area contributed by atoms with E-state index in [4.69, 9.17) is 23.3 Å². The van der Waals surface area contributed by atoms with Crippen LogP contribution >= 0.6 is 0 Å². The van der Waals surface area contributed by atoms with Crippen molar-refractivity contribution in [3.05, 3.63) is 42.0 Å². The minimum atomic E-state index is -2.70. The number of carbonyl (C=O) groups excluding carboxylic acids is 1. The second-order valence-electron chi connectivity index (χ2n) is 11.3. The molecule has 0 saturated carbocycles. The van der Waals surface area contributed by atoms with Crippen molar-refractivity contribution in [2.75, 3.05) is 6.61 Å². The summed E-state index contributed by atoms with van der Waals surface area (Å²) in [6.07, 6.45) is 2.54. The van der Waals surface area contributed by atoms with Crippen molar-refractivity contribution in [2.24, 2.45) is 16.8 Å². The molecule has 0 radical (unpaired) electrons. The van der Waals surface area contributed by atoms with Crippen molar-refractivity contribution in [3.63, 3.8) is 0 Å². The highest BCUT2D eigenvalue weighted by Crippen LogP contribution is 2.57. The molecular formula is C25H33NO5Si. The van der Waals surface area contributed by atoms with Gasteiger partial charge in [-0.05, 0) is 11.6 Å². The smallest absolute Gasteiger partial charge is 0.349 e. The Balaban J connectivity index is 1.44. The molecule has 0 N–H and O–H groups in total. The van der Waals surface area contributed by atoms with E-state index >= 15 is 0 Å². The molecule has 0 amide bonds. The first-order valence-corrected chi connectivity index (χ1v) is 13.3. The zero-order valence-electron chi connectivity index (χ0n) is 19.7. The predicted octanol–water partition coefficient (Wildman–Crippen LogP) is 4.49. The highest BCUT2D eigenvalue weighted by Gasteiger charge is 2.68. The number of benzene rings is 1. The van der Waals surface area contributed by atoms with Gasteiger partial charge in [-0.2, -0.15) is 0 Å². The lowest BCUT2D eigenvalue weighted by Crippen LogP contribution is -2.69.